The number of halogens is 1. The van der Waals surface area contributed by atoms with Gasteiger partial charge in [0.05, 0.1) is 34.1 Å². The normalized spacial score (nSPS) is 18.1. The highest BCUT2D eigenvalue weighted by Crippen LogP contribution is 2.51. The van der Waals surface area contributed by atoms with Crippen molar-refractivity contribution in [2.24, 2.45) is 11.1 Å². The van der Waals surface area contributed by atoms with Crippen LogP contribution in [-0.2, 0) is 4.79 Å². The summed E-state index contributed by atoms with van der Waals surface area (Å²) in [5, 5.41) is 26.1. The second-order valence-corrected chi connectivity index (χ2v) is 9.51. The summed E-state index contributed by atoms with van der Waals surface area (Å²) >= 11 is 3.49. The van der Waals surface area contributed by atoms with Crippen LogP contribution < -0.4 is 16.4 Å². The van der Waals surface area contributed by atoms with Gasteiger partial charge in [-0.15, -0.1) is 0 Å². The third-order valence-electron chi connectivity index (χ3n) is 5.44. The first-order chi connectivity index (χ1) is 13.9. The minimum Gasteiger partial charge on any atom is -0.384 e. The summed E-state index contributed by atoms with van der Waals surface area (Å²) in [5.41, 5.74) is 8.29. The Morgan fingerprint density at radius 2 is 1.97 bits per heavy atom. The lowest BCUT2D eigenvalue weighted by atomic mass is 9.64. The van der Waals surface area contributed by atoms with E-state index in [2.05, 4.69) is 45.4 Å². The van der Waals surface area contributed by atoms with Gasteiger partial charge in [-0.2, -0.15) is 10.5 Å². The Kier molecular flexibility index (Phi) is 6.76. The zero-order valence-electron chi connectivity index (χ0n) is 16.1. The molecule has 1 aliphatic carbocycles. The summed E-state index contributed by atoms with van der Waals surface area (Å²) in [6.07, 6.45) is 4.47. The molecule has 1 fully saturated rings. The first kappa shape index (κ1) is 21.5. The molecular weight excluding hydrogens is 497 g/mol. The van der Waals surface area contributed by atoms with Crippen molar-refractivity contribution in [1.29, 1.82) is 10.5 Å². The van der Waals surface area contributed by atoms with Crippen molar-refractivity contribution in [3.63, 3.8) is 0 Å². The lowest BCUT2D eigenvalue weighted by Gasteiger charge is -2.40. The van der Waals surface area contributed by atoms with Crippen LogP contribution in [0.4, 0.5) is 5.69 Å². The average Bonchev–Trinajstić information content (AvgIpc) is 2.69. The highest BCUT2D eigenvalue weighted by atomic mass is 127. The van der Waals surface area contributed by atoms with E-state index in [4.69, 9.17) is 5.73 Å². The number of nitrogens with two attached hydrogens (primary N) is 1. The second-order valence-electron chi connectivity index (χ2n) is 7.28. The number of carbonyl (C=O) groups excluding carboxylic acids is 1. The van der Waals surface area contributed by atoms with E-state index in [0.717, 1.165) is 46.9 Å². The number of allylic oxidation sites excluding steroid dienone is 2. The van der Waals surface area contributed by atoms with E-state index in [0.29, 0.717) is 22.0 Å². The first-order valence-corrected chi connectivity index (χ1v) is 11.5. The highest BCUT2D eigenvalue weighted by Gasteiger charge is 2.45. The molecule has 1 aliphatic heterocycles. The Balaban J connectivity index is 1.79. The Bertz CT molecular complexity index is 980. The molecule has 0 unspecified atom stereocenters. The van der Waals surface area contributed by atoms with E-state index < -0.39 is 5.41 Å². The maximum absolute atomic E-state index is 12.5. The van der Waals surface area contributed by atoms with Crippen LogP contribution in [0.25, 0.3) is 0 Å². The zero-order valence-corrected chi connectivity index (χ0v) is 19.1. The number of rotatable bonds is 4. The zero-order chi connectivity index (χ0) is 21.0. The molecule has 1 amide bonds. The van der Waals surface area contributed by atoms with E-state index in [1.54, 1.807) is 0 Å². The van der Waals surface area contributed by atoms with Gasteiger partial charge in [-0.3, -0.25) is 4.79 Å². The third kappa shape index (κ3) is 4.39. The molecule has 1 saturated carbocycles. The SMILES string of the molecule is Cc1cc(I)ccc1NC(=O)CSC1=C(C#N)C2(CCCCC2)C(C#N)=C(N)N1. The number of aryl methyl sites for hydroxylation is 1. The predicted molar refractivity (Wildman–Crippen MR) is 123 cm³/mol. The molecule has 2 aliphatic rings. The van der Waals surface area contributed by atoms with Crippen LogP contribution in [0.3, 0.4) is 0 Å². The molecule has 6 nitrogen and oxygen atoms in total. The number of hydrogen-bond acceptors (Lipinski definition) is 6. The monoisotopic (exact) mass is 519 g/mol. The number of carbonyl (C=O) groups is 1. The van der Waals surface area contributed by atoms with Crippen LogP contribution in [0.15, 0.2) is 40.2 Å². The minimum absolute atomic E-state index is 0.143. The number of dihydropyridines is 1. The van der Waals surface area contributed by atoms with E-state index in [9.17, 15) is 15.3 Å². The van der Waals surface area contributed by atoms with Crippen LogP contribution >= 0.6 is 34.4 Å². The minimum atomic E-state index is -0.622. The number of amides is 1. The number of thioether (sulfide) groups is 1. The van der Waals surface area contributed by atoms with E-state index in [1.165, 1.54) is 11.8 Å². The molecule has 0 saturated heterocycles. The van der Waals surface area contributed by atoms with Gasteiger partial charge in [0.25, 0.3) is 0 Å². The van der Waals surface area contributed by atoms with E-state index in [1.807, 2.05) is 25.1 Å². The lowest BCUT2D eigenvalue weighted by molar-refractivity contribution is -0.113. The Hall–Kier alpha value is -2.17. The fraction of sp³-hybridized carbons (Fsp3) is 0.381. The quantitative estimate of drug-likeness (QED) is 0.513. The summed E-state index contributed by atoms with van der Waals surface area (Å²) in [7, 11) is 0. The Labute approximate surface area is 188 Å². The predicted octanol–water partition coefficient (Wildman–Crippen LogP) is 4.25. The van der Waals surface area contributed by atoms with Crippen molar-refractivity contribution in [3.8, 4) is 12.1 Å². The van der Waals surface area contributed by atoms with Crippen LogP contribution in [0.2, 0.25) is 0 Å². The summed E-state index contributed by atoms with van der Waals surface area (Å²) in [5.74, 6) is 0.284. The fourth-order valence-electron chi connectivity index (χ4n) is 4.03. The van der Waals surface area contributed by atoms with Crippen LogP contribution in [0, 0.1) is 38.6 Å². The molecule has 1 aromatic rings. The number of anilines is 1. The number of hydrogen-bond donors (Lipinski definition) is 3. The Morgan fingerprint density at radius 1 is 1.28 bits per heavy atom. The number of benzene rings is 1. The molecule has 0 radical (unpaired) electrons. The molecule has 4 N–H and O–H groups in total. The molecule has 1 heterocycles. The van der Waals surface area contributed by atoms with Crippen LogP contribution in [0.5, 0.6) is 0 Å². The van der Waals surface area contributed by atoms with Crippen molar-refractivity contribution < 1.29 is 4.79 Å². The molecule has 150 valence electrons. The van der Waals surface area contributed by atoms with Gasteiger partial charge >= 0.3 is 0 Å². The lowest BCUT2D eigenvalue weighted by Crippen LogP contribution is -2.39. The summed E-state index contributed by atoms with van der Waals surface area (Å²) in [4.78, 5) is 12.5. The summed E-state index contributed by atoms with van der Waals surface area (Å²) in [6, 6.07) is 10.4. The van der Waals surface area contributed by atoms with Gasteiger partial charge in [0.15, 0.2) is 0 Å². The molecular formula is C21H22IN5OS. The second kappa shape index (κ2) is 9.10. The molecule has 0 atom stereocenters. The maximum Gasteiger partial charge on any atom is 0.234 e. The molecule has 1 aromatic carbocycles. The molecule has 0 aromatic heterocycles. The largest absolute Gasteiger partial charge is 0.384 e. The summed E-state index contributed by atoms with van der Waals surface area (Å²) in [6.45, 7) is 1.95. The fourth-order valence-corrected chi connectivity index (χ4v) is 5.59. The average molecular weight is 519 g/mol. The maximum atomic E-state index is 12.5. The molecule has 8 heteroatoms. The van der Waals surface area contributed by atoms with E-state index in [-0.39, 0.29) is 11.7 Å². The number of nitrogens with zero attached hydrogens (tertiary/aromatic N) is 2. The van der Waals surface area contributed by atoms with Crippen molar-refractivity contribution in [3.05, 3.63) is 49.3 Å². The van der Waals surface area contributed by atoms with Crippen LogP contribution in [-0.4, -0.2) is 11.7 Å². The van der Waals surface area contributed by atoms with Crippen molar-refractivity contribution in [2.75, 3.05) is 11.1 Å². The third-order valence-corrected chi connectivity index (χ3v) is 7.11. The number of nitriles is 2. The molecule has 29 heavy (non-hydrogen) atoms. The van der Waals surface area contributed by atoms with Gasteiger partial charge in [0.1, 0.15) is 5.82 Å². The van der Waals surface area contributed by atoms with Gasteiger partial charge in [-0.05, 0) is 66.1 Å². The molecule has 1 spiro atoms. The molecule has 0 bridgehead atoms. The van der Waals surface area contributed by atoms with Gasteiger partial charge in [0.2, 0.25) is 5.91 Å². The molecule has 3 rings (SSSR count). The topological polar surface area (TPSA) is 115 Å². The Morgan fingerprint density at radius 3 is 2.59 bits per heavy atom. The first-order valence-electron chi connectivity index (χ1n) is 9.42. The van der Waals surface area contributed by atoms with Gasteiger partial charge in [-0.1, -0.05) is 31.0 Å². The smallest absolute Gasteiger partial charge is 0.234 e. The number of nitrogens with one attached hydrogen (secondary N) is 2. The van der Waals surface area contributed by atoms with Gasteiger partial charge in [0, 0.05) is 14.7 Å². The highest BCUT2D eigenvalue weighted by molar-refractivity contribution is 14.1. The van der Waals surface area contributed by atoms with Crippen molar-refractivity contribution in [2.45, 2.75) is 39.0 Å². The van der Waals surface area contributed by atoms with Crippen molar-refractivity contribution in [1.82, 2.24) is 5.32 Å². The van der Waals surface area contributed by atoms with Crippen LogP contribution in [0.1, 0.15) is 37.7 Å². The van der Waals surface area contributed by atoms with Gasteiger partial charge < -0.3 is 16.4 Å². The van der Waals surface area contributed by atoms with Gasteiger partial charge in [-0.25, -0.2) is 0 Å². The summed E-state index contributed by atoms with van der Waals surface area (Å²) < 4.78 is 1.11. The van der Waals surface area contributed by atoms with Crippen molar-refractivity contribution >= 4 is 45.9 Å². The standard InChI is InChI=1S/C21H22IN5OS/c1-13-9-14(22)5-6-17(13)26-18(28)12-29-20-16(11-24)21(7-3-2-4-8-21)15(10-23)19(25)27-20/h5-6,9,27H,2-4,7-8,12,25H2,1H3,(H,26,28). The van der Waals surface area contributed by atoms with E-state index >= 15 is 0 Å².